The van der Waals surface area contributed by atoms with Crippen LogP contribution in [0, 0.1) is 11.8 Å². The maximum Gasteiger partial charge on any atom is 0.341 e. The van der Waals surface area contributed by atoms with E-state index in [4.69, 9.17) is 42.6 Å². The Labute approximate surface area is 289 Å². The van der Waals surface area contributed by atoms with Crippen LogP contribution < -0.4 is 9.47 Å². The number of oxime groups is 1. The fourth-order valence-electron chi connectivity index (χ4n) is 5.54. The van der Waals surface area contributed by atoms with Gasteiger partial charge in [-0.1, -0.05) is 41.7 Å². The lowest BCUT2D eigenvalue weighted by Crippen LogP contribution is -2.31. The zero-order chi connectivity index (χ0) is 33.8. The standard InChI is InChI=1S/C24H32ClNO4S.C11H8ClNO3/c1-3-5-21(26-29-14-16(2)30-20-9-7-19(25)8-10-20)24-22(27)12-18(13-23(24)28)17-6-4-11-31-15-17;12-8-3-4-9(16-6-10(14)15)11-7(8)2-1-5-13-11/h7-10,16-18,27H,3-6,11-15H2,1-2H3;1-5H,6H2,(H,14,15). The van der Waals surface area contributed by atoms with Crippen molar-refractivity contribution in [2.75, 3.05) is 24.7 Å². The molecule has 2 aliphatic rings. The second-order valence-corrected chi connectivity index (χ2v) is 13.5. The van der Waals surface area contributed by atoms with Crippen LogP contribution in [-0.4, -0.2) is 63.5 Å². The van der Waals surface area contributed by atoms with Gasteiger partial charge in [-0.05, 0) is 98.1 Å². The molecule has 5 rings (SSSR count). The van der Waals surface area contributed by atoms with Gasteiger partial charge in [0.15, 0.2) is 19.0 Å². The van der Waals surface area contributed by atoms with Gasteiger partial charge in [0.25, 0.3) is 0 Å². The number of halogens is 2. The molecule has 1 saturated heterocycles. The van der Waals surface area contributed by atoms with Crippen LogP contribution in [0.1, 0.15) is 52.4 Å². The number of aliphatic carboxylic acids is 1. The molecule has 0 spiro atoms. The Balaban J connectivity index is 0.000000261. The molecule has 0 bridgehead atoms. The number of hydrogen-bond donors (Lipinski definition) is 2. The Bertz CT molecular complexity index is 1580. The topological polar surface area (TPSA) is 128 Å². The van der Waals surface area contributed by atoms with Gasteiger partial charge in [0.2, 0.25) is 0 Å². The summed E-state index contributed by atoms with van der Waals surface area (Å²) in [7, 11) is 0. The first-order chi connectivity index (χ1) is 22.7. The second-order valence-electron chi connectivity index (χ2n) is 11.5. The number of carbonyl (C=O) groups is 2. The van der Waals surface area contributed by atoms with E-state index in [2.05, 4.69) is 10.1 Å². The van der Waals surface area contributed by atoms with Gasteiger partial charge in [0.05, 0.1) is 16.3 Å². The number of carbonyl (C=O) groups excluding carboxylic acids is 1. The number of Topliss-reactive ketones (excluding diaryl/α,β-unsaturated/α-hetero) is 1. The summed E-state index contributed by atoms with van der Waals surface area (Å²) in [6.07, 6.45) is 6.17. The Hall–Kier alpha value is -3.47. The van der Waals surface area contributed by atoms with Crippen molar-refractivity contribution < 1.29 is 34.1 Å². The second kappa shape index (κ2) is 18.2. The highest BCUT2D eigenvalue weighted by molar-refractivity contribution is 7.99. The molecule has 3 atom stereocenters. The number of thioether (sulfide) groups is 1. The van der Waals surface area contributed by atoms with E-state index in [9.17, 15) is 14.7 Å². The van der Waals surface area contributed by atoms with Crippen LogP contribution in [-0.2, 0) is 14.4 Å². The molecule has 2 N–H and O–H groups in total. The lowest BCUT2D eigenvalue weighted by Gasteiger charge is -2.32. The molecule has 0 saturated carbocycles. The monoisotopic (exact) mass is 702 g/mol. The first-order valence-corrected chi connectivity index (χ1v) is 17.6. The van der Waals surface area contributed by atoms with E-state index in [1.807, 2.05) is 25.6 Å². The molecule has 252 valence electrons. The molecule has 1 aliphatic heterocycles. The van der Waals surface area contributed by atoms with Crippen molar-refractivity contribution in [2.24, 2.45) is 17.0 Å². The molecule has 1 aliphatic carbocycles. The SMILES string of the molecule is CCCC(=NOCC(C)Oc1ccc(Cl)cc1)C1=C(O)CC(C2CCCSC2)CC1=O.O=C(O)COc1ccc(Cl)c2cccnc12. The number of nitrogens with zero attached hydrogens (tertiary/aromatic N) is 2. The number of ketones is 1. The average molecular weight is 704 g/mol. The van der Waals surface area contributed by atoms with Gasteiger partial charge >= 0.3 is 5.97 Å². The lowest BCUT2D eigenvalue weighted by atomic mass is 9.76. The van der Waals surface area contributed by atoms with E-state index in [0.717, 1.165) is 24.0 Å². The quantitative estimate of drug-likeness (QED) is 0.141. The summed E-state index contributed by atoms with van der Waals surface area (Å²) < 4.78 is 10.9. The number of ether oxygens (including phenoxy) is 2. The zero-order valence-corrected chi connectivity index (χ0v) is 28.8. The normalized spacial score (nSPS) is 19.1. The van der Waals surface area contributed by atoms with Crippen molar-refractivity contribution in [3.05, 3.63) is 76.1 Å². The number of aliphatic hydroxyl groups excluding tert-OH is 1. The van der Waals surface area contributed by atoms with Crippen LogP contribution >= 0.6 is 35.0 Å². The van der Waals surface area contributed by atoms with Crippen molar-refractivity contribution in [3.63, 3.8) is 0 Å². The average Bonchev–Trinajstić information content (AvgIpc) is 3.06. The molecule has 1 aromatic heterocycles. The molecule has 12 heteroatoms. The summed E-state index contributed by atoms with van der Waals surface area (Å²) in [6, 6.07) is 14.0. The third-order valence-corrected chi connectivity index (χ3v) is 9.60. The smallest absolute Gasteiger partial charge is 0.341 e. The first kappa shape index (κ1) is 36.4. The van der Waals surface area contributed by atoms with E-state index in [1.54, 1.807) is 54.7 Å². The predicted octanol–water partition coefficient (Wildman–Crippen LogP) is 8.57. The number of aromatic nitrogens is 1. The number of allylic oxidation sites excluding steroid dienone is 2. The third kappa shape index (κ3) is 10.8. The van der Waals surface area contributed by atoms with Crippen molar-refractivity contribution in [1.29, 1.82) is 0 Å². The molecule has 47 heavy (non-hydrogen) atoms. The Morgan fingerprint density at radius 2 is 1.91 bits per heavy atom. The highest BCUT2D eigenvalue weighted by Crippen LogP contribution is 2.38. The fourth-order valence-corrected chi connectivity index (χ4v) is 7.16. The molecule has 2 aromatic carbocycles. The summed E-state index contributed by atoms with van der Waals surface area (Å²) >= 11 is 13.8. The minimum atomic E-state index is -1.03. The zero-order valence-electron chi connectivity index (χ0n) is 26.5. The Kier molecular flexibility index (Phi) is 14.1. The van der Waals surface area contributed by atoms with Gasteiger partial charge in [-0.2, -0.15) is 11.8 Å². The van der Waals surface area contributed by atoms with E-state index in [1.165, 1.54) is 12.2 Å². The number of rotatable bonds is 12. The van der Waals surface area contributed by atoms with Gasteiger partial charge in [-0.15, -0.1) is 0 Å². The molecular formula is C35H40Cl2N2O7S. The number of carboxylic acid groups (broad SMARTS) is 1. The molecule has 1 fully saturated rings. The van der Waals surface area contributed by atoms with Crippen LogP contribution in [0.5, 0.6) is 11.5 Å². The molecule has 9 nitrogen and oxygen atoms in total. The minimum Gasteiger partial charge on any atom is -0.511 e. The fraction of sp³-hybridized carbons (Fsp3) is 0.429. The van der Waals surface area contributed by atoms with Crippen LogP contribution in [0.25, 0.3) is 10.9 Å². The van der Waals surface area contributed by atoms with E-state index in [0.29, 0.717) is 63.5 Å². The Morgan fingerprint density at radius 3 is 2.60 bits per heavy atom. The van der Waals surface area contributed by atoms with E-state index >= 15 is 0 Å². The Morgan fingerprint density at radius 1 is 1.13 bits per heavy atom. The molecule has 3 aromatic rings. The number of pyridine rings is 1. The maximum atomic E-state index is 12.9. The summed E-state index contributed by atoms with van der Waals surface area (Å²) in [5.41, 5.74) is 1.48. The molecular weight excluding hydrogens is 663 g/mol. The van der Waals surface area contributed by atoms with Gasteiger partial charge in [-0.3, -0.25) is 9.78 Å². The van der Waals surface area contributed by atoms with Crippen LogP contribution in [0.15, 0.2) is 71.2 Å². The van der Waals surface area contributed by atoms with Crippen LogP contribution in [0.2, 0.25) is 10.0 Å². The van der Waals surface area contributed by atoms with Gasteiger partial charge in [0.1, 0.15) is 28.9 Å². The molecule has 0 radical (unpaired) electrons. The summed E-state index contributed by atoms with van der Waals surface area (Å²) in [6.45, 7) is 3.75. The minimum absolute atomic E-state index is 0.00872. The number of aliphatic hydroxyl groups is 1. The number of hydrogen-bond acceptors (Lipinski definition) is 9. The highest BCUT2D eigenvalue weighted by Gasteiger charge is 2.35. The summed E-state index contributed by atoms with van der Waals surface area (Å²) in [5, 5.41) is 25.5. The third-order valence-electron chi connectivity index (χ3n) is 7.77. The highest BCUT2D eigenvalue weighted by atomic mass is 35.5. The number of fused-ring (bicyclic) bond motifs is 1. The van der Waals surface area contributed by atoms with Crippen molar-refractivity contribution in [1.82, 2.24) is 4.98 Å². The van der Waals surface area contributed by atoms with Gasteiger partial charge in [0, 0.05) is 29.4 Å². The van der Waals surface area contributed by atoms with Crippen LogP contribution in [0.3, 0.4) is 0 Å². The van der Waals surface area contributed by atoms with Gasteiger partial charge in [-0.25, -0.2) is 4.79 Å². The largest absolute Gasteiger partial charge is 0.511 e. The first-order valence-electron chi connectivity index (χ1n) is 15.7. The summed E-state index contributed by atoms with van der Waals surface area (Å²) in [5.74, 6) is 3.30. The van der Waals surface area contributed by atoms with Gasteiger partial charge < -0.3 is 24.5 Å². The summed E-state index contributed by atoms with van der Waals surface area (Å²) in [4.78, 5) is 33.0. The van der Waals surface area contributed by atoms with E-state index in [-0.39, 0.29) is 30.2 Å². The maximum absolute atomic E-state index is 12.9. The lowest BCUT2D eigenvalue weighted by molar-refractivity contribution is -0.139. The molecule has 3 unspecified atom stereocenters. The van der Waals surface area contributed by atoms with E-state index < -0.39 is 12.6 Å². The molecule has 2 heterocycles. The van der Waals surface area contributed by atoms with Crippen LogP contribution in [0.4, 0.5) is 0 Å². The molecule has 0 amide bonds. The number of carboxylic acids is 1. The van der Waals surface area contributed by atoms with Crippen molar-refractivity contribution in [2.45, 2.75) is 58.5 Å². The van der Waals surface area contributed by atoms with Crippen molar-refractivity contribution in [3.8, 4) is 11.5 Å². The predicted molar refractivity (Wildman–Crippen MR) is 187 cm³/mol. The van der Waals surface area contributed by atoms with Crippen molar-refractivity contribution >= 4 is 63.3 Å². The number of benzene rings is 2.